The second-order valence-corrected chi connectivity index (χ2v) is 7.51. The van der Waals surface area contributed by atoms with Gasteiger partial charge in [-0.05, 0) is 36.8 Å². The Hall–Kier alpha value is -2.20. The summed E-state index contributed by atoms with van der Waals surface area (Å²) in [4.78, 5) is 12.1. The summed E-state index contributed by atoms with van der Waals surface area (Å²) in [5, 5.41) is 2.23. The third kappa shape index (κ3) is 7.77. The van der Waals surface area contributed by atoms with E-state index in [1.165, 1.54) is 6.07 Å². The van der Waals surface area contributed by atoms with Crippen LogP contribution in [0.1, 0.15) is 30.9 Å². The molecule has 0 aliphatic rings. The van der Waals surface area contributed by atoms with E-state index in [-0.39, 0.29) is 23.4 Å². The van der Waals surface area contributed by atoms with Gasteiger partial charge in [0.25, 0.3) is 0 Å². The number of carbonyl (C=O) groups excluding carboxylic acids is 1. The lowest BCUT2D eigenvalue weighted by Crippen LogP contribution is -2.17. The summed E-state index contributed by atoms with van der Waals surface area (Å²) in [6, 6.07) is 4.98. The molecule has 0 heterocycles. The van der Waals surface area contributed by atoms with E-state index in [1.807, 2.05) is 6.92 Å². The number of hydrogen-bond acceptors (Lipinski definition) is 3. The van der Waals surface area contributed by atoms with Crippen molar-refractivity contribution in [1.29, 1.82) is 0 Å². The van der Waals surface area contributed by atoms with Crippen LogP contribution in [-0.2, 0) is 22.1 Å². The number of nitrogens with one attached hydrogen (secondary N) is 1. The Balaban J connectivity index is 2.07. The zero-order chi connectivity index (χ0) is 23.0. The van der Waals surface area contributed by atoms with Crippen LogP contribution in [0.2, 0.25) is 0 Å². The molecule has 2 aromatic carbocycles. The second kappa shape index (κ2) is 11.4. The van der Waals surface area contributed by atoms with E-state index in [0.29, 0.717) is 12.7 Å². The molecule has 1 amide bonds. The Labute approximate surface area is 184 Å². The highest BCUT2D eigenvalue weighted by atomic mass is 79.9. The van der Waals surface area contributed by atoms with Gasteiger partial charge in [0, 0.05) is 22.3 Å². The van der Waals surface area contributed by atoms with E-state index in [2.05, 4.69) is 21.2 Å². The lowest BCUT2D eigenvalue weighted by molar-refractivity contribution is -0.139. The Morgan fingerprint density at radius 3 is 2.35 bits per heavy atom. The minimum Gasteiger partial charge on any atom is -0.491 e. The molecule has 0 radical (unpaired) electrons. The van der Waals surface area contributed by atoms with Gasteiger partial charge in [0.15, 0.2) is 0 Å². The molecule has 0 aliphatic carbocycles. The first-order chi connectivity index (χ1) is 14.6. The Morgan fingerprint density at radius 2 is 1.74 bits per heavy atom. The van der Waals surface area contributed by atoms with Crippen molar-refractivity contribution >= 4 is 27.5 Å². The summed E-state index contributed by atoms with van der Waals surface area (Å²) in [5.74, 6) is -3.16. The van der Waals surface area contributed by atoms with Crippen molar-refractivity contribution in [2.75, 3.05) is 25.1 Å². The van der Waals surface area contributed by atoms with Crippen LogP contribution in [0.15, 0.2) is 34.8 Å². The van der Waals surface area contributed by atoms with E-state index >= 15 is 0 Å². The highest BCUT2D eigenvalue weighted by Gasteiger charge is 2.35. The van der Waals surface area contributed by atoms with Gasteiger partial charge >= 0.3 is 6.18 Å². The SMILES string of the molecule is CCCCOCCOc1ccc(NC(=O)Cc2c(F)cc(Br)cc2F)cc1C(F)(F)F. The number of amides is 1. The van der Waals surface area contributed by atoms with Gasteiger partial charge in [-0.2, -0.15) is 13.2 Å². The molecule has 0 fully saturated rings. The van der Waals surface area contributed by atoms with Crippen LogP contribution < -0.4 is 10.1 Å². The second-order valence-electron chi connectivity index (χ2n) is 6.60. The maximum atomic E-state index is 13.9. The smallest absolute Gasteiger partial charge is 0.420 e. The topological polar surface area (TPSA) is 47.6 Å². The molecule has 0 atom stereocenters. The normalized spacial score (nSPS) is 11.5. The van der Waals surface area contributed by atoms with Crippen molar-refractivity contribution in [2.45, 2.75) is 32.4 Å². The van der Waals surface area contributed by atoms with Gasteiger partial charge in [-0.15, -0.1) is 0 Å². The third-order valence-corrected chi connectivity index (χ3v) is 4.60. The Morgan fingerprint density at radius 1 is 1.06 bits per heavy atom. The summed E-state index contributed by atoms with van der Waals surface area (Å²) < 4.78 is 78.6. The number of ether oxygens (including phenoxy) is 2. The van der Waals surface area contributed by atoms with Crippen molar-refractivity contribution in [2.24, 2.45) is 0 Å². The monoisotopic (exact) mass is 509 g/mol. The molecule has 0 unspecified atom stereocenters. The molecule has 2 aromatic rings. The molecule has 4 nitrogen and oxygen atoms in total. The van der Waals surface area contributed by atoms with Gasteiger partial charge in [0.2, 0.25) is 5.91 Å². The minimum absolute atomic E-state index is 0.0688. The molecule has 0 aromatic heterocycles. The zero-order valence-electron chi connectivity index (χ0n) is 16.6. The average Bonchev–Trinajstić information content (AvgIpc) is 2.67. The van der Waals surface area contributed by atoms with E-state index in [1.54, 1.807) is 0 Å². The zero-order valence-corrected chi connectivity index (χ0v) is 18.2. The average molecular weight is 510 g/mol. The van der Waals surface area contributed by atoms with Crippen molar-refractivity contribution in [1.82, 2.24) is 0 Å². The standard InChI is InChI=1S/C21H21BrF5NO3/c1-2-3-6-30-7-8-31-19-5-4-14(11-16(19)21(25,26)27)28-20(29)12-15-17(23)9-13(22)10-18(15)24/h4-5,9-11H,2-3,6-8,12H2,1H3,(H,28,29). The highest BCUT2D eigenvalue weighted by Crippen LogP contribution is 2.38. The fourth-order valence-corrected chi connectivity index (χ4v) is 3.02. The number of carbonyl (C=O) groups is 1. The van der Waals surface area contributed by atoms with E-state index in [4.69, 9.17) is 9.47 Å². The van der Waals surface area contributed by atoms with E-state index in [9.17, 15) is 26.7 Å². The van der Waals surface area contributed by atoms with Crippen LogP contribution in [0, 0.1) is 11.6 Å². The van der Waals surface area contributed by atoms with Crippen LogP contribution in [0.5, 0.6) is 5.75 Å². The first-order valence-electron chi connectivity index (χ1n) is 9.47. The Bertz CT molecular complexity index is 882. The molecule has 0 saturated heterocycles. The third-order valence-electron chi connectivity index (χ3n) is 4.14. The maximum absolute atomic E-state index is 13.9. The predicted octanol–water partition coefficient (Wildman–Crippen LogP) is 6.12. The fourth-order valence-electron chi connectivity index (χ4n) is 2.62. The van der Waals surface area contributed by atoms with Gasteiger partial charge in [-0.1, -0.05) is 29.3 Å². The number of rotatable bonds is 10. The predicted molar refractivity (Wildman–Crippen MR) is 109 cm³/mol. The quantitative estimate of drug-likeness (QED) is 0.310. The molecule has 10 heteroatoms. The molecule has 1 N–H and O–H groups in total. The number of unbranched alkanes of at least 4 members (excludes halogenated alkanes) is 1. The van der Waals surface area contributed by atoms with Crippen molar-refractivity contribution in [3.8, 4) is 5.75 Å². The van der Waals surface area contributed by atoms with E-state index < -0.39 is 47.0 Å². The molecule has 2 rings (SSSR count). The molecule has 0 aliphatic heterocycles. The summed E-state index contributed by atoms with van der Waals surface area (Å²) in [7, 11) is 0. The molecule has 0 bridgehead atoms. The highest BCUT2D eigenvalue weighted by molar-refractivity contribution is 9.10. The van der Waals surface area contributed by atoms with Gasteiger partial charge in [-0.3, -0.25) is 4.79 Å². The number of hydrogen-bond donors (Lipinski definition) is 1. The van der Waals surface area contributed by atoms with Crippen LogP contribution in [-0.4, -0.2) is 25.7 Å². The first-order valence-corrected chi connectivity index (χ1v) is 10.3. The van der Waals surface area contributed by atoms with Crippen LogP contribution in [0.3, 0.4) is 0 Å². The summed E-state index contributed by atoms with van der Waals surface area (Å²) in [6.45, 7) is 2.55. The van der Waals surface area contributed by atoms with Crippen LogP contribution in [0.25, 0.3) is 0 Å². The minimum atomic E-state index is -4.73. The van der Waals surface area contributed by atoms with Crippen LogP contribution in [0.4, 0.5) is 27.6 Å². The fraction of sp³-hybridized carbons (Fsp3) is 0.381. The van der Waals surface area contributed by atoms with Gasteiger partial charge in [0.05, 0.1) is 18.6 Å². The Kier molecular flexibility index (Phi) is 9.24. The van der Waals surface area contributed by atoms with E-state index in [0.717, 1.165) is 31.0 Å². The summed E-state index contributed by atoms with van der Waals surface area (Å²) >= 11 is 2.93. The largest absolute Gasteiger partial charge is 0.491 e. The maximum Gasteiger partial charge on any atom is 0.420 e. The summed E-state index contributed by atoms with van der Waals surface area (Å²) in [6.07, 6.45) is -3.63. The number of benzene rings is 2. The summed E-state index contributed by atoms with van der Waals surface area (Å²) in [5.41, 5.74) is -1.75. The number of halogens is 6. The van der Waals surface area contributed by atoms with Crippen molar-refractivity contribution < 1.29 is 36.2 Å². The first kappa shape index (κ1) is 25.1. The number of anilines is 1. The number of alkyl halides is 3. The van der Waals surface area contributed by atoms with Crippen molar-refractivity contribution in [3.63, 3.8) is 0 Å². The molecule has 0 saturated carbocycles. The molecule has 0 spiro atoms. The van der Waals surface area contributed by atoms with Crippen molar-refractivity contribution in [3.05, 3.63) is 57.6 Å². The van der Waals surface area contributed by atoms with Crippen LogP contribution >= 0.6 is 15.9 Å². The molecule has 31 heavy (non-hydrogen) atoms. The van der Waals surface area contributed by atoms with Gasteiger partial charge in [0.1, 0.15) is 24.0 Å². The molecule has 170 valence electrons. The lowest BCUT2D eigenvalue weighted by Gasteiger charge is -2.16. The van der Waals surface area contributed by atoms with Gasteiger partial charge in [-0.25, -0.2) is 8.78 Å². The molecular formula is C21H21BrF5NO3. The lowest BCUT2D eigenvalue weighted by atomic mass is 10.1. The van der Waals surface area contributed by atoms with Gasteiger partial charge < -0.3 is 14.8 Å². The molecular weight excluding hydrogens is 489 g/mol.